The number of rotatable bonds is 6. The Bertz CT molecular complexity index is 1670. The molecule has 2 heterocycles. The Morgan fingerprint density at radius 2 is 1.81 bits per heavy atom. The van der Waals surface area contributed by atoms with E-state index in [2.05, 4.69) is 48.4 Å². The number of anilines is 1. The number of fused-ring (bicyclic) bond motifs is 1. The number of aryl methyl sites for hydroxylation is 3. The van der Waals surface area contributed by atoms with E-state index >= 15 is 0 Å². The maximum Gasteiger partial charge on any atom is 0.262 e. The van der Waals surface area contributed by atoms with Crippen molar-refractivity contribution in [1.82, 2.24) is 4.98 Å². The number of ether oxygens (including phenoxy) is 1. The molecule has 0 aliphatic heterocycles. The quantitative estimate of drug-likeness (QED) is 0.262. The molecule has 0 fully saturated rings. The SMILES string of the molecule is CCc1sc(NC(=O)c2cc3cccc(OC)c3oc2=Nc2cccc(C)c2)nc1-c1ccc(C)cc1. The van der Waals surface area contributed by atoms with E-state index in [9.17, 15) is 4.79 Å². The van der Waals surface area contributed by atoms with Gasteiger partial charge in [0, 0.05) is 15.8 Å². The first kappa shape index (κ1) is 24.5. The Morgan fingerprint density at radius 1 is 1.03 bits per heavy atom. The van der Waals surface area contributed by atoms with Gasteiger partial charge in [-0.25, -0.2) is 9.98 Å². The van der Waals surface area contributed by atoms with Gasteiger partial charge in [-0.15, -0.1) is 11.3 Å². The zero-order valence-electron chi connectivity index (χ0n) is 21.2. The number of carbonyl (C=O) groups excluding carboxylic acids is 1. The van der Waals surface area contributed by atoms with Gasteiger partial charge >= 0.3 is 0 Å². The number of nitrogens with one attached hydrogen (secondary N) is 1. The summed E-state index contributed by atoms with van der Waals surface area (Å²) in [6, 6.07) is 23.3. The summed E-state index contributed by atoms with van der Waals surface area (Å²) in [6.45, 7) is 6.14. The Hall–Kier alpha value is -4.23. The van der Waals surface area contributed by atoms with Gasteiger partial charge in [0.25, 0.3) is 5.91 Å². The van der Waals surface area contributed by atoms with E-state index in [-0.39, 0.29) is 11.5 Å². The summed E-state index contributed by atoms with van der Waals surface area (Å²) >= 11 is 1.48. The van der Waals surface area contributed by atoms with Crippen molar-refractivity contribution in [3.05, 3.63) is 99.9 Å². The molecule has 1 N–H and O–H groups in total. The monoisotopic (exact) mass is 509 g/mol. The third-order valence-corrected chi connectivity index (χ3v) is 7.11. The lowest BCUT2D eigenvalue weighted by atomic mass is 10.1. The summed E-state index contributed by atoms with van der Waals surface area (Å²) in [5.74, 6) is 0.229. The molecule has 2 aromatic heterocycles. The normalized spacial score (nSPS) is 11.6. The number of carbonyl (C=O) groups is 1. The molecule has 5 aromatic rings. The maximum atomic E-state index is 13.6. The fraction of sp³-hybridized carbons (Fsp3) is 0.167. The smallest absolute Gasteiger partial charge is 0.262 e. The largest absolute Gasteiger partial charge is 0.493 e. The summed E-state index contributed by atoms with van der Waals surface area (Å²) in [5.41, 5.74) is 5.89. The fourth-order valence-corrected chi connectivity index (χ4v) is 5.01. The van der Waals surface area contributed by atoms with Gasteiger partial charge in [0.05, 0.1) is 18.5 Å². The van der Waals surface area contributed by atoms with E-state index in [0.717, 1.165) is 33.5 Å². The molecule has 0 atom stereocenters. The van der Waals surface area contributed by atoms with Crippen molar-refractivity contribution < 1.29 is 13.9 Å². The van der Waals surface area contributed by atoms with Crippen LogP contribution in [-0.4, -0.2) is 18.0 Å². The van der Waals surface area contributed by atoms with E-state index in [0.29, 0.717) is 27.7 Å². The first-order valence-electron chi connectivity index (χ1n) is 12.1. The number of benzene rings is 3. The summed E-state index contributed by atoms with van der Waals surface area (Å²) in [7, 11) is 1.59. The second-order valence-electron chi connectivity index (χ2n) is 8.76. The first-order chi connectivity index (χ1) is 17.9. The van der Waals surface area contributed by atoms with Gasteiger partial charge in [0.2, 0.25) is 5.55 Å². The lowest BCUT2D eigenvalue weighted by molar-refractivity contribution is 0.102. The maximum absolute atomic E-state index is 13.6. The average Bonchev–Trinajstić information content (AvgIpc) is 3.31. The predicted octanol–water partition coefficient (Wildman–Crippen LogP) is 7.23. The van der Waals surface area contributed by atoms with Crippen LogP contribution < -0.4 is 15.6 Å². The molecule has 186 valence electrons. The number of nitrogens with zero attached hydrogens (tertiary/aromatic N) is 2. The van der Waals surface area contributed by atoms with Gasteiger partial charge in [-0.1, -0.05) is 61.0 Å². The number of hydrogen-bond acceptors (Lipinski definition) is 6. The van der Waals surface area contributed by atoms with Gasteiger partial charge < -0.3 is 9.15 Å². The minimum atomic E-state index is -0.341. The Labute approximate surface area is 219 Å². The number of aromatic nitrogens is 1. The van der Waals surface area contributed by atoms with Crippen molar-refractivity contribution in [3.8, 4) is 17.0 Å². The van der Waals surface area contributed by atoms with Crippen LogP contribution in [0, 0.1) is 13.8 Å². The van der Waals surface area contributed by atoms with Gasteiger partial charge in [0.1, 0.15) is 5.56 Å². The fourth-order valence-electron chi connectivity index (χ4n) is 4.09. The molecule has 0 spiro atoms. The highest BCUT2D eigenvalue weighted by Crippen LogP contribution is 2.32. The van der Waals surface area contributed by atoms with Crippen LogP contribution >= 0.6 is 11.3 Å². The number of para-hydroxylation sites is 1. The predicted molar refractivity (Wildman–Crippen MR) is 149 cm³/mol. The molecule has 0 aliphatic carbocycles. The summed E-state index contributed by atoms with van der Waals surface area (Å²) < 4.78 is 11.7. The second-order valence-corrected chi connectivity index (χ2v) is 9.84. The topological polar surface area (TPSA) is 76.7 Å². The van der Waals surface area contributed by atoms with Crippen molar-refractivity contribution >= 4 is 39.0 Å². The molecule has 0 unspecified atom stereocenters. The molecule has 0 aliphatic rings. The van der Waals surface area contributed by atoms with Gasteiger partial charge in [0.15, 0.2) is 16.5 Å². The number of hydrogen-bond donors (Lipinski definition) is 1. The molecule has 37 heavy (non-hydrogen) atoms. The van der Waals surface area contributed by atoms with E-state index in [1.54, 1.807) is 13.2 Å². The van der Waals surface area contributed by atoms with Gasteiger partial charge in [-0.3, -0.25) is 10.1 Å². The summed E-state index contributed by atoms with van der Waals surface area (Å²) in [6.07, 6.45) is 0.815. The van der Waals surface area contributed by atoms with E-state index in [1.165, 1.54) is 16.9 Å². The van der Waals surface area contributed by atoms with Crippen molar-refractivity contribution in [2.24, 2.45) is 4.99 Å². The molecule has 3 aromatic carbocycles. The van der Waals surface area contributed by atoms with Crippen LogP contribution in [-0.2, 0) is 6.42 Å². The number of methoxy groups -OCH3 is 1. The van der Waals surface area contributed by atoms with Crippen molar-refractivity contribution in [2.45, 2.75) is 27.2 Å². The Morgan fingerprint density at radius 3 is 2.54 bits per heavy atom. The highest BCUT2D eigenvalue weighted by Gasteiger charge is 2.18. The molecule has 7 heteroatoms. The van der Waals surface area contributed by atoms with E-state index in [4.69, 9.17) is 14.1 Å². The van der Waals surface area contributed by atoms with Crippen LogP contribution in [0.1, 0.15) is 33.3 Å². The molecular formula is C30H27N3O3S. The van der Waals surface area contributed by atoms with Crippen LogP contribution in [0.2, 0.25) is 0 Å². The van der Waals surface area contributed by atoms with E-state index < -0.39 is 0 Å². The number of amides is 1. The molecule has 0 saturated carbocycles. The molecule has 0 radical (unpaired) electrons. The highest BCUT2D eigenvalue weighted by atomic mass is 32.1. The molecule has 0 saturated heterocycles. The highest BCUT2D eigenvalue weighted by molar-refractivity contribution is 7.16. The molecule has 1 amide bonds. The average molecular weight is 510 g/mol. The summed E-state index contributed by atoms with van der Waals surface area (Å²) in [5, 5.41) is 4.25. The van der Waals surface area contributed by atoms with Gasteiger partial charge in [-0.05, 0) is 50.1 Å². The first-order valence-corrected chi connectivity index (χ1v) is 12.9. The van der Waals surface area contributed by atoms with Crippen LogP contribution in [0.4, 0.5) is 10.8 Å². The van der Waals surface area contributed by atoms with Crippen LogP contribution in [0.15, 0.2) is 82.2 Å². The lowest BCUT2D eigenvalue weighted by Crippen LogP contribution is -2.21. The van der Waals surface area contributed by atoms with Crippen LogP contribution in [0.25, 0.3) is 22.2 Å². The van der Waals surface area contributed by atoms with Crippen molar-refractivity contribution in [1.29, 1.82) is 0 Å². The zero-order chi connectivity index (χ0) is 25.9. The molecule has 5 rings (SSSR count). The van der Waals surface area contributed by atoms with Gasteiger partial charge in [-0.2, -0.15) is 0 Å². The van der Waals surface area contributed by atoms with Crippen LogP contribution in [0.5, 0.6) is 5.75 Å². The molecule has 0 bridgehead atoms. The standard InChI is InChI=1S/C30H27N3O3S/c1-5-25-26(20-14-12-18(2)13-15-20)32-30(37-25)33-28(34)23-17-21-9-7-11-24(35-4)27(21)36-29(23)31-22-10-6-8-19(3)16-22/h6-17H,5H2,1-4H3,(H,32,33,34). The van der Waals surface area contributed by atoms with Crippen molar-refractivity contribution in [2.75, 3.05) is 12.4 Å². The van der Waals surface area contributed by atoms with Crippen LogP contribution in [0.3, 0.4) is 0 Å². The zero-order valence-corrected chi connectivity index (χ0v) is 22.0. The third-order valence-electron chi connectivity index (χ3n) is 6.00. The second kappa shape index (κ2) is 10.4. The minimum absolute atomic E-state index is 0.200. The lowest BCUT2D eigenvalue weighted by Gasteiger charge is -2.08. The minimum Gasteiger partial charge on any atom is -0.493 e. The Kier molecular flexibility index (Phi) is 6.88. The Balaban J connectivity index is 1.59. The third kappa shape index (κ3) is 5.17. The molecular weight excluding hydrogens is 482 g/mol. The summed E-state index contributed by atoms with van der Waals surface area (Å²) in [4.78, 5) is 24.1. The van der Waals surface area contributed by atoms with Crippen molar-refractivity contribution in [3.63, 3.8) is 0 Å². The van der Waals surface area contributed by atoms with E-state index in [1.807, 2.05) is 49.4 Å². The number of thiazole rings is 1. The molecule has 6 nitrogen and oxygen atoms in total.